The summed E-state index contributed by atoms with van der Waals surface area (Å²) in [6.45, 7) is 17.8. The molecule has 0 radical (unpaired) electrons. The van der Waals surface area contributed by atoms with Gasteiger partial charge in [0.15, 0.2) is 0 Å². The van der Waals surface area contributed by atoms with E-state index in [1.54, 1.807) is 5.57 Å². The molecule has 4 fully saturated rings. The van der Waals surface area contributed by atoms with Crippen molar-refractivity contribution in [1.82, 2.24) is 0 Å². The Labute approximate surface area is 193 Å². The van der Waals surface area contributed by atoms with Gasteiger partial charge in [-0.2, -0.15) is 0 Å². The molecule has 8 atom stereocenters. The maximum absolute atomic E-state index is 2.79. The number of rotatable bonds is 3. The molecule has 0 heterocycles. The SMILES string of the molecule is CC=C(C)[C@H]1CCCC2C1(C)CCC1[C@H]3CC[C@](C)(CC)CCC3(CC)CC[C@]12C.[HH].[HH].[HH]. The largest absolute Gasteiger partial charge is 0.0884 e. The second-order valence-electron chi connectivity index (χ2n) is 13.3. The van der Waals surface area contributed by atoms with Crippen LogP contribution in [0.3, 0.4) is 0 Å². The smallest absolute Gasteiger partial charge is 0 e. The minimum absolute atomic E-state index is 0. The summed E-state index contributed by atoms with van der Waals surface area (Å²) in [5.41, 5.74) is 4.11. The summed E-state index contributed by atoms with van der Waals surface area (Å²) in [7, 11) is 0. The van der Waals surface area contributed by atoms with Crippen molar-refractivity contribution in [2.75, 3.05) is 0 Å². The first-order valence-corrected chi connectivity index (χ1v) is 13.8. The predicted octanol–water partition coefficient (Wildman–Crippen LogP) is 10.3. The predicted molar refractivity (Wildman–Crippen MR) is 138 cm³/mol. The van der Waals surface area contributed by atoms with E-state index in [0.717, 1.165) is 23.7 Å². The first-order chi connectivity index (χ1) is 14.2. The number of fused-ring (bicyclic) bond motifs is 5. The highest BCUT2D eigenvalue weighted by Crippen LogP contribution is 2.71. The molecule has 4 aliphatic carbocycles. The fraction of sp³-hybridized carbons (Fsp3) is 0.933. The molecule has 0 N–H and O–H groups in total. The first kappa shape index (κ1) is 22.9. The molecular weight excluding hydrogens is 360 g/mol. The van der Waals surface area contributed by atoms with Crippen molar-refractivity contribution in [1.29, 1.82) is 0 Å². The highest BCUT2D eigenvalue weighted by molar-refractivity contribution is 5.17. The van der Waals surface area contributed by atoms with Crippen LogP contribution in [0.1, 0.15) is 136 Å². The standard InChI is InChI=1S/C30H52.3H2/c1-8-22(4)23-12-11-13-26-28(23,6)17-15-24-25-14-16-27(5,9-2)18-20-30(25,10-3)21-19-29(24,26)7;;;/h8,23-26H,9-21H2,1-7H3;3*1H/t23-,24?,25-,26?,27+,28?,29-,30?;;;/m1.../s1. The molecule has 0 amide bonds. The van der Waals surface area contributed by atoms with Crippen LogP contribution in [0.5, 0.6) is 0 Å². The third kappa shape index (κ3) is 3.28. The molecule has 0 heteroatoms. The van der Waals surface area contributed by atoms with Gasteiger partial charge in [0.25, 0.3) is 0 Å². The van der Waals surface area contributed by atoms with E-state index in [1.807, 2.05) is 0 Å². The summed E-state index contributed by atoms with van der Waals surface area (Å²) in [6, 6.07) is 0. The monoisotopic (exact) mass is 418 g/mol. The van der Waals surface area contributed by atoms with Gasteiger partial charge >= 0.3 is 0 Å². The second-order valence-corrected chi connectivity index (χ2v) is 13.3. The lowest BCUT2D eigenvalue weighted by Gasteiger charge is -2.67. The van der Waals surface area contributed by atoms with Crippen LogP contribution in [-0.4, -0.2) is 0 Å². The summed E-state index contributed by atoms with van der Waals surface area (Å²) in [4.78, 5) is 0. The van der Waals surface area contributed by atoms with Crippen molar-refractivity contribution in [3.05, 3.63) is 11.6 Å². The molecule has 0 aromatic carbocycles. The van der Waals surface area contributed by atoms with Gasteiger partial charge in [0, 0.05) is 4.28 Å². The lowest BCUT2D eigenvalue weighted by molar-refractivity contribution is -0.172. The van der Waals surface area contributed by atoms with Gasteiger partial charge in [0.2, 0.25) is 0 Å². The maximum atomic E-state index is 2.79. The van der Waals surface area contributed by atoms with Gasteiger partial charge in [-0.1, -0.05) is 65.5 Å². The topological polar surface area (TPSA) is 0 Å². The first-order valence-electron chi connectivity index (χ1n) is 13.8. The Morgan fingerprint density at radius 2 is 1.50 bits per heavy atom. The molecule has 0 saturated heterocycles. The van der Waals surface area contributed by atoms with Gasteiger partial charge in [0.1, 0.15) is 0 Å². The van der Waals surface area contributed by atoms with Crippen molar-refractivity contribution >= 4 is 0 Å². The van der Waals surface area contributed by atoms with Crippen LogP contribution in [0.2, 0.25) is 0 Å². The van der Waals surface area contributed by atoms with Crippen molar-refractivity contribution in [3.8, 4) is 0 Å². The van der Waals surface area contributed by atoms with Gasteiger partial charge in [-0.3, -0.25) is 0 Å². The Bertz CT molecular complexity index is 673. The van der Waals surface area contributed by atoms with E-state index in [1.165, 1.54) is 83.5 Å². The van der Waals surface area contributed by atoms with E-state index in [4.69, 9.17) is 0 Å². The zero-order valence-electron chi connectivity index (χ0n) is 21.6. The van der Waals surface area contributed by atoms with Crippen molar-refractivity contribution in [2.45, 2.75) is 132 Å². The molecule has 30 heavy (non-hydrogen) atoms. The van der Waals surface area contributed by atoms with E-state index < -0.39 is 0 Å². The Kier molecular flexibility index (Phi) is 6.07. The van der Waals surface area contributed by atoms with E-state index >= 15 is 0 Å². The normalized spacial score (nSPS) is 52.0. The summed E-state index contributed by atoms with van der Waals surface area (Å²) in [5, 5.41) is 0. The lowest BCUT2D eigenvalue weighted by atomic mass is 9.38. The Morgan fingerprint density at radius 1 is 0.800 bits per heavy atom. The Hall–Kier alpha value is -0.260. The van der Waals surface area contributed by atoms with Crippen molar-refractivity contribution in [2.24, 2.45) is 45.3 Å². The quantitative estimate of drug-likeness (QED) is 0.400. The average molecular weight is 419 g/mol. The minimum atomic E-state index is 0. The fourth-order valence-corrected chi connectivity index (χ4v) is 9.98. The molecular formula is C30H58. The van der Waals surface area contributed by atoms with Crippen LogP contribution < -0.4 is 0 Å². The molecule has 0 aliphatic heterocycles. The second kappa shape index (κ2) is 7.95. The average Bonchev–Trinajstić information content (AvgIpc) is 2.90. The molecule has 4 unspecified atom stereocenters. The lowest BCUT2D eigenvalue weighted by Crippen LogP contribution is -2.59. The Balaban J connectivity index is 0.00000181. The van der Waals surface area contributed by atoms with Gasteiger partial charge in [-0.05, 0) is 123 Å². The van der Waals surface area contributed by atoms with Gasteiger partial charge in [0.05, 0.1) is 0 Å². The zero-order valence-corrected chi connectivity index (χ0v) is 21.6. The minimum Gasteiger partial charge on any atom is -0.0884 e. The zero-order chi connectivity index (χ0) is 21.8. The molecule has 0 aromatic heterocycles. The molecule has 0 aromatic rings. The third-order valence-electron chi connectivity index (χ3n) is 12.5. The van der Waals surface area contributed by atoms with Crippen LogP contribution in [-0.2, 0) is 0 Å². The Morgan fingerprint density at radius 3 is 2.17 bits per heavy atom. The van der Waals surface area contributed by atoms with Crippen LogP contribution in [0.15, 0.2) is 11.6 Å². The van der Waals surface area contributed by atoms with Crippen LogP contribution >= 0.6 is 0 Å². The van der Waals surface area contributed by atoms with E-state index in [9.17, 15) is 0 Å². The van der Waals surface area contributed by atoms with Gasteiger partial charge in [-0.25, -0.2) is 0 Å². The molecule has 4 aliphatic rings. The third-order valence-corrected chi connectivity index (χ3v) is 12.5. The van der Waals surface area contributed by atoms with Crippen LogP contribution in [0.25, 0.3) is 0 Å². The molecule has 178 valence electrons. The molecule has 0 spiro atoms. The van der Waals surface area contributed by atoms with E-state index in [-0.39, 0.29) is 4.28 Å². The van der Waals surface area contributed by atoms with Crippen LogP contribution in [0.4, 0.5) is 0 Å². The van der Waals surface area contributed by atoms with E-state index in [0.29, 0.717) is 21.7 Å². The number of allylic oxidation sites excluding steroid dienone is 2. The van der Waals surface area contributed by atoms with Crippen molar-refractivity contribution < 1.29 is 4.28 Å². The van der Waals surface area contributed by atoms with E-state index in [2.05, 4.69) is 54.5 Å². The van der Waals surface area contributed by atoms with Crippen LogP contribution in [0, 0.1) is 45.3 Å². The summed E-state index contributed by atoms with van der Waals surface area (Å²) >= 11 is 0. The molecule has 4 rings (SSSR count). The highest BCUT2D eigenvalue weighted by Gasteiger charge is 2.63. The summed E-state index contributed by atoms with van der Waals surface area (Å²) in [5.74, 6) is 3.79. The maximum Gasteiger partial charge on any atom is 0 e. The fourth-order valence-electron chi connectivity index (χ4n) is 9.98. The molecule has 4 saturated carbocycles. The highest BCUT2D eigenvalue weighted by atomic mass is 14.7. The summed E-state index contributed by atoms with van der Waals surface area (Å²) < 4.78 is 0. The molecule has 0 bridgehead atoms. The summed E-state index contributed by atoms with van der Waals surface area (Å²) in [6.07, 6.45) is 21.8. The number of hydrogen-bond acceptors (Lipinski definition) is 0. The number of hydrogen-bond donors (Lipinski definition) is 0. The van der Waals surface area contributed by atoms with Gasteiger partial charge in [-0.15, -0.1) is 0 Å². The van der Waals surface area contributed by atoms with Gasteiger partial charge < -0.3 is 0 Å². The van der Waals surface area contributed by atoms with Crippen molar-refractivity contribution in [3.63, 3.8) is 0 Å². The molecule has 0 nitrogen and oxygen atoms in total.